The van der Waals surface area contributed by atoms with Crippen molar-refractivity contribution >= 4 is 0 Å². The van der Waals surface area contributed by atoms with Gasteiger partial charge in [-0.1, -0.05) is 33.1 Å². The molecule has 0 aromatic carbocycles. The van der Waals surface area contributed by atoms with Crippen molar-refractivity contribution in [1.82, 2.24) is 9.80 Å². The molecule has 0 spiro atoms. The first-order valence-corrected chi connectivity index (χ1v) is 7.17. The number of hydrogen-bond donors (Lipinski definition) is 0. The standard InChI is InChI=1S/C14H30N2/c1-4-16(5-2)12-11-15(3)13-14-9-7-6-8-10-14/h14H,4-13H2,1-3H3. The van der Waals surface area contributed by atoms with Gasteiger partial charge in [0.1, 0.15) is 0 Å². The maximum atomic E-state index is 2.54. The topological polar surface area (TPSA) is 6.48 Å². The smallest absolute Gasteiger partial charge is 0.0109 e. The molecule has 0 aliphatic heterocycles. The average molecular weight is 226 g/mol. The van der Waals surface area contributed by atoms with Crippen LogP contribution >= 0.6 is 0 Å². The van der Waals surface area contributed by atoms with Crippen molar-refractivity contribution in [2.75, 3.05) is 39.8 Å². The minimum absolute atomic E-state index is 0.982. The van der Waals surface area contributed by atoms with E-state index in [9.17, 15) is 0 Å². The Labute approximate surface area is 102 Å². The lowest BCUT2D eigenvalue weighted by molar-refractivity contribution is 0.200. The van der Waals surface area contributed by atoms with Crippen molar-refractivity contribution in [2.24, 2.45) is 5.92 Å². The van der Waals surface area contributed by atoms with Crippen LogP contribution in [0.15, 0.2) is 0 Å². The predicted octanol–water partition coefficient (Wildman–Crippen LogP) is 2.84. The number of hydrogen-bond acceptors (Lipinski definition) is 2. The molecule has 0 bridgehead atoms. The van der Waals surface area contributed by atoms with E-state index in [4.69, 9.17) is 0 Å². The van der Waals surface area contributed by atoms with E-state index in [0.29, 0.717) is 0 Å². The molecule has 1 aliphatic rings. The minimum atomic E-state index is 0.982. The molecular weight excluding hydrogens is 196 g/mol. The van der Waals surface area contributed by atoms with Crippen LogP contribution in [-0.2, 0) is 0 Å². The molecule has 96 valence electrons. The highest BCUT2D eigenvalue weighted by Gasteiger charge is 2.15. The zero-order valence-electron chi connectivity index (χ0n) is 11.5. The van der Waals surface area contributed by atoms with Crippen LogP contribution in [0, 0.1) is 5.92 Å². The summed E-state index contributed by atoms with van der Waals surface area (Å²) in [7, 11) is 2.29. The molecule has 0 unspecified atom stereocenters. The molecule has 1 saturated carbocycles. The van der Waals surface area contributed by atoms with E-state index in [0.717, 1.165) is 5.92 Å². The van der Waals surface area contributed by atoms with Crippen LogP contribution in [0.3, 0.4) is 0 Å². The van der Waals surface area contributed by atoms with Gasteiger partial charge in [-0.3, -0.25) is 0 Å². The molecule has 1 fully saturated rings. The largest absolute Gasteiger partial charge is 0.305 e. The van der Waals surface area contributed by atoms with Crippen LogP contribution in [0.25, 0.3) is 0 Å². The summed E-state index contributed by atoms with van der Waals surface area (Å²) in [5, 5.41) is 0. The zero-order valence-corrected chi connectivity index (χ0v) is 11.5. The normalized spacial score (nSPS) is 18.6. The quantitative estimate of drug-likeness (QED) is 0.658. The van der Waals surface area contributed by atoms with E-state index in [1.165, 1.54) is 64.8 Å². The number of likely N-dealkylation sites (N-methyl/N-ethyl adjacent to an activating group) is 2. The van der Waals surface area contributed by atoms with Crippen molar-refractivity contribution in [3.05, 3.63) is 0 Å². The summed E-state index contributed by atoms with van der Waals surface area (Å²) >= 11 is 0. The molecule has 0 saturated heterocycles. The van der Waals surface area contributed by atoms with Gasteiger partial charge in [0.2, 0.25) is 0 Å². The molecule has 16 heavy (non-hydrogen) atoms. The van der Waals surface area contributed by atoms with Crippen LogP contribution in [0.4, 0.5) is 0 Å². The third-order valence-corrected chi connectivity index (χ3v) is 3.99. The Morgan fingerprint density at radius 1 is 0.938 bits per heavy atom. The molecule has 0 radical (unpaired) electrons. The lowest BCUT2D eigenvalue weighted by Crippen LogP contribution is -2.35. The molecule has 0 amide bonds. The van der Waals surface area contributed by atoms with Crippen LogP contribution in [0.5, 0.6) is 0 Å². The Kier molecular flexibility index (Phi) is 7.06. The van der Waals surface area contributed by atoms with Gasteiger partial charge >= 0.3 is 0 Å². The van der Waals surface area contributed by atoms with Gasteiger partial charge in [0.05, 0.1) is 0 Å². The lowest BCUT2D eigenvalue weighted by Gasteiger charge is -2.28. The number of nitrogens with zero attached hydrogens (tertiary/aromatic N) is 2. The van der Waals surface area contributed by atoms with Crippen LogP contribution in [-0.4, -0.2) is 49.6 Å². The molecule has 0 aromatic heterocycles. The SMILES string of the molecule is CCN(CC)CCN(C)CC1CCCCC1. The molecule has 1 aliphatic carbocycles. The minimum Gasteiger partial charge on any atom is -0.305 e. The third-order valence-electron chi connectivity index (χ3n) is 3.99. The second-order valence-electron chi connectivity index (χ2n) is 5.29. The van der Waals surface area contributed by atoms with Gasteiger partial charge < -0.3 is 9.80 Å². The molecule has 1 rings (SSSR count). The van der Waals surface area contributed by atoms with Crippen molar-refractivity contribution in [3.63, 3.8) is 0 Å². The molecule has 0 aromatic rings. The molecule has 0 atom stereocenters. The van der Waals surface area contributed by atoms with Gasteiger partial charge in [0, 0.05) is 19.6 Å². The Bertz CT molecular complexity index is 160. The fourth-order valence-electron chi connectivity index (χ4n) is 2.75. The summed E-state index contributed by atoms with van der Waals surface area (Å²) in [6.07, 6.45) is 7.34. The molecule has 0 heterocycles. The monoisotopic (exact) mass is 226 g/mol. The third kappa shape index (κ3) is 5.31. The Morgan fingerprint density at radius 2 is 1.56 bits per heavy atom. The van der Waals surface area contributed by atoms with E-state index in [2.05, 4.69) is 30.7 Å². The van der Waals surface area contributed by atoms with Crippen molar-refractivity contribution in [1.29, 1.82) is 0 Å². The highest BCUT2D eigenvalue weighted by Crippen LogP contribution is 2.23. The summed E-state index contributed by atoms with van der Waals surface area (Å²) in [5.41, 5.74) is 0. The lowest BCUT2D eigenvalue weighted by atomic mass is 9.89. The highest BCUT2D eigenvalue weighted by atomic mass is 15.2. The van der Waals surface area contributed by atoms with E-state index in [-0.39, 0.29) is 0 Å². The van der Waals surface area contributed by atoms with Gasteiger partial charge in [0.25, 0.3) is 0 Å². The van der Waals surface area contributed by atoms with Gasteiger partial charge in [0.15, 0.2) is 0 Å². The second kappa shape index (κ2) is 8.08. The summed E-state index contributed by atoms with van der Waals surface area (Å²) < 4.78 is 0. The van der Waals surface area contributed by atoms with Crippen molar-refractivity contribution < 1.29 is 0 Å². The molecular formula is C14H30N2. The van der Waals surface area contributed by atoms with E-state index in [1.807, 2.05) is 0 Å². The maximum absolute atomic E-state index is 2.54. The zero-order chi connectivity index (χ0) is 11.8. The second-order valence-corrected chi connectivity index (χ2v) is 5.29. The fraction of sp³-hybridized carbons (Fsp3) is 1.00. The summed E-state index contributed by atoms with van der Waals surface area (Å²) in [5.74, 6) is 0.982. The van der Waals surface area contributed by atoms with Crippen molar-refractivity contribution in [3.8, 4) is 0 Å². The summed E-state index contributed by atoms with van der Waals surface area (Å²) in [4.78, 5) is 5.05. The first-order chi connectivity index (χ1) is 7.76. The maximum Gasteiger partial charge on any atom is 0.0109 e. The van der Waals surface area contributed by atoms with Gasteiger partial charge in [-0.2, -0.15) is 0 Å². The van der Waals surface area contributed by atoms with Crippen molar-refractivity contribution in [2.45, 2.75) is 46.0 Å². The summed E-state index contributed by atoms with van der Waals surface area (Å²) in [6, 6.07) is 0. The fourth-order valence-corrected chi connectivity index (χ4v) is 2.75. The highest BCUT2D eigenvalue weighted by molar-refractivity contribution is 4.69. The van der Waals surface area contributed by atoms with E-state index < -0.39 is 0 Å². The van der Waals surface area contributed by atoms with Gasteiger partial charge in [-0.25, -0.2) is 0 Å². The van der Waals surface area contributed by atoms with Crippen LogP contribution < -0.4 is 0 Å². The molecule has 2 heteroatoms. The van der Waals surface area contributed by atoms with E-state index in [1.54, 1.807) is 0 Å². The Morgan fingerprint density at radius 3 is 2.12 bits per heavy atom. The predicted molar refractivity (Wildman–Crippen MR) is 71.9 cm³/mol. The molecule has 2 nitrogen and oxygen atoms in total. The van der Waals surface area contributed by atoms with Crippen LogP contribution in [0.2, 0.25) is 0 Å². The average Bonchev–Trinajstić information content (AvgIpc) is 2.31. The number of rotatable bonds is 7. The molecule has 0 N–H and O–H groups in total. The van der Waals surface area contributed by atoms with Gasteiger partial charge in [-0.15, -0.1) is 0 Å². The summed E-state index contributed by atoms with van der Waals surface area (Å²) in [6.45, 7) is 10.7. The van der Waals surface area contributed by atoms with Crippen LogP contribution in [0.1, 0.15) is 46.0 Å². The van der Waals surface area contributed by atoms with Gasteiger partial charge in [-0.05, 0) is 38.9 Å². The Balaban J connectivity index is 2.11. The first kappa shape index (κ1) is 14.0. The Hall–Kier alpha value is -0.0800. The van der Waals surface area contributed by atoms with E-state index >= 15 is 0 Å². The first-order valence-electron chi connectivity index (χ1n) is 7.17.